The first kappa shape index (κ1) is 11.8. The highest BCUT2D eigenvalue weighted by Crippen LogP contribution is 2.31. The van der Waals surface area contributed by atoms with Crippen LogP contribution in [-0.2, 0) is 0 Å². The molecule has 0 radical (unpaired) electrons. The van der Waals surface area contributed by atoms with E-state index in [1.165, 1.54) is 0 Å². The second-order valence-corrected chi connectivity index (χ2v) is 3.40. The largest absolute Gasteiger partial charge is 0.503 e. The molecule has 84 valence electrons. The molecule has 1 unspecified atom stereocenters. The molecule has 0 aliphatic rings. The predicted octanol–water partition coefficient (Wildman–Crippen LogP) is 2.26. The Morgan fingerprint density at radius 2 is 1.93 bits per heavy atom. The fourth-order valence-electron chi connectivity index (χ4n) is 1.37. The maximum absolute atomic E-state index is 13.3. The van der Waals surface area contributed by atoms with Crippen LogP contribution < -0.4 is 5.73 Å². The van der Waals surface area contributed by atoms with Crippen LogP contribution in [0.5, 0.6) is 5.75 Å². The zero-order valence-corrected chi connectivity index (χ0v) is 8.23. The third-order valence-electron chi connectivity index (χ3n) is 2.29. The highest BCUT2D eigenvalue weighted by Gasteiger charge is 2.20. The van der Waals surface area contributed by atoms with Crippen LogP contribution in [0.25, 0.3) is 0 Å². The Labute approximate surface area is 85.5 Å². The molecular weight excluding hydrogens is 207 g/mol. The lowest BCUT2D eigenvalue weighted by Gasteiger charge is -2.13. The quantitative estimate of drug-likeness (QED) is 0.766. The molecule has 1 atom stereocenters. The second kappa shape index (κ2) is 4.53. The number of rotatable bonds is 3. The summed E-state index contributed by atoms with van der Waals surface area (Å²) in [4.78, 5) is 0. The normalized spacial score (nSPS) is 12.9. The Balaban J connectivity index is 3.19. The summed E-state index contributed by atoms with van der Waals surface area (Å²) in [5.74, 6) is -5.57. The van der Waals surface area contributed by atoms with Crippen molar-refractivity contribution in [3.8, 4) is 5.75 Å². The Kier molecular flexibility index (Phi) is 3.57. The second-order valence-electron chi connectivity index (χ2n) is 3.40. The lowest BCUT2D eigenvalue weighted by Crippen LogP contribution is -2.07. The molecule has 0 amide bonds. The van der Waals surface area contributed by atoms with Gasteiger partial charge < -0.3 is 10.8 Å². The topological polar surface area (TPSA) is 46.2 Å². The molecule has 1 aromatic rings. The summed E-state index contributed by atoms with van der Waals surface area (Å²) < 4.78 is 38.9. The van der Waals surface area contributed by atoms with Crippen LogP contribution in [0.3, 0.4) is 0 Å². The maximum Gasteiger partial charge on any atom is 0.203 e. The molecule has 0 aliphatic heterocycles. The minimum Gasteiger partial charge on any atom is -0.503 e. The summed E-state index contributed by atoms with van der Waals surface area (Å²) >= 11 is 0. The SMILES string of the molecule is CC(CCN)c1cc(F)c(F)c(O)c1F. The number of halogens is 3. The van der Waals surface area contributed by atoms with Crippen LogP contribution in [0.4, 0.5) is 13.2 Å². The fraction of sp³-hybridized carbons (Fsp3) is 0.400. The summed E-state index contributed by atoms with van der Waals surface area (Å²) in [5.41, 5.74) is 5.21. The van der Waals surface area contributed by atoms with Crippen molar-refractivity contribution >= 4 is 0 Å². The summed E-state index contributed by atoms with van der Waals surface area (Å²) in [7, 11) is 0. The van der Waals surface area contributed by atoms with E-state index in [-0.39, 0.29) is 11.5 Å². The van der Waals surface area contributed by atoms with Gasteiger partial charge in [-0.1, -0.05) is 6.92 Å². The lowest BCUT2D eigenvalue weighted by molar-refractivity contribution is 0.370. The lowest BCUT2D eigenvalue weighted by atomic mass is 9.96. The summed E-state index contributed by atoms with van der Waals surface area (Å²) in [6.07, 6.45) is 0.432. The number of hydrogen-bond donors (Lipinski definition) is 2. The van der Waals surface area contributed by atoms with Crippen LogP contribution in [0, 0.1) is 17.5 Å². The molecule has 15 heavy (non-hydrogen) atoms. The van der Waals surface area contributed by atoms with Crippen LogP contribution in [0.2, 0.25) is 0 Å². The van der Waals surface area contributed by atoms with Crippen molar-refractivity contribution in [2.75, 3.05) is 6.54 Å². The molecule has 1 aromatic carbocycles. The van der Waals surface area contributed by atoms with E-state index in [0.717, 1.165) is 6.07 Å². The molecule has 1 rings (SSSR count). The zero-order valence-electron chi connectivity index (χ0n) is 8.23. The summed E-state index contributed by atoms with van der Waals surface area (Å²) in [6.45, 7) is 1.93. The number of phenolic OH excluding ortho intramolecular Hbond substituents is 1. The predicted molar refractivity (Wildman–Crippen MR) is 50.1 cm³/mol. The first-order chi connectivity index (χ1) is 6.99. The average Bonchev–Trinajstić information content (AvgIpc) is 2.20. The maximum atomic E-state index is 13.3. The van der Waals surface area contributed by atoms with Crippen molar-refractivity contribution in [1.29, 1.82) is 0 Å². The first-order valence-corrected chi connectivity index (χ1v) is 4.55. The standard InChI is InChI=1S/C10H12F3NO/c1-5(2-3-14)6-4-7(11)9(13)10(15)8(6)12/h4-5,15H,2-3,14H2,1H3. The smallest absolute Gasteiger partial charge is 0.203 e. The highest BCUT2D eigenvalue weighted by molar-refractivity contribution is 5.34. The molecule has 0 saturated heterocycles. The van der Waals surface area contributed by atoms with Gasteiger partial charge in [0.1, 0.15) is 0 Å². The highest BCUT2D eigenvalue weighted by atomic mass is 19.2. The van der Waals surface area contributed by atoms with E-state index in [9.17, 15) is 13.2 Å². The van der Waals surface area contributed by atoms with Gasteiger partial charge in [0.05, 0.1) is 0 Å². The van der Waals surface area contributed by atoms with Gasteiger partial charge in [0.25, 0.3) is 0 Å². The van der Waals surface area contributed by atoms with Gasteiger partial charge in [-0.15, -0.1) is 0 Å². The molecule has 0 bridgehead atoms. The van der Waals surface area contributed by atoms with E-state index >= 15 is 0 Å². The number of nitrogens with two attached hydrogens (primary N) is 1. The van der Waals surface area contributed by atoms with E-state index < -0.39 is 23.2 Å². The van der Waals surface area contributed by atoms with Gasteiger partial charge in [-0.2, -0.15) is 4.39 Å². The van der Waals surface area contributed by atoms with E-state index in [4.69, 9.17) is 10.8 Å². The van der Waals surface area contributed by atoms with Crippen LogP contribution in [-0.4, -0.2) is 11.7 Å². The Morgan fingerprint density at radius 1 is 1.33 bits per heavy atom. The molecule has 0 aromatic heterocycles. The zero-order chi connectivity index (χ0) is 11.6. The molecule has 3 N–H and O–H groups in total. The van der Waals surface area contributed by atoms with Crippen molar-refractivity contribution in [2.45, 2.75) is 19.3 Å². The van der Waals surface area contributed by atoms with Crippen LogP contribution in [0.15, 0.2) is 6.07 Å². The Morgan fingerprint density at radius 3 is 2.47 bits per heavy atom. The third-order valence-corrected chi connectivity index (χ3v) is 2.29. The monoisotopic (exact) mass is 219 g/mol. The molecule has 5 heteroatoms. The van der Waals surface area contributed by atoms with Crippen LogP contribution >= 0.6 is 0 Å². The van der Waals surface area contributed by atoms with Crippen molar-refractivity contribution in [1.82, 2.24) is 0 Å². The number of benzene rings is 1. The number of hydrogen-bond acceptors (Lipinski definition) is 2. The van der Waals surface area contributed by atoms with Crippen molar-refractivity contribution < 1.29 is 18.3 Å². The Bertz CT molecular complexity index is 368. The third kappa shape index (κ3) is 2.23. The molecule has 0 saturated carbocycles. The summed E-state index contributed by atoms with van der Waals surface area (Å²) in [5, 5.41) is 8.96. The van der Waals surface area contributed by atoms with Gasteiger partial charge in [-0.25, -0.2) is 8.78 Å². The summed E-state index contributed by atoms with van der Waals surface area (Å²) in [6, 6.07) is 0.755. The van der Waals surface area contributed by atoms with E-state index in [1.54, 1.807) is 6.92 Å². The van der Waals surface area contributed by atoms with Crippen molar-refractivity contribution in [2.24, 2.45) is 5.73 Å². The van der Waals surface area contributed by atoms with E-state index in [2.05, 4.69) is 0 Å². The minimum absolute atomic E-state index is 0.0585. The molecular formula is C10H12F3NO. The van der Waals surface area contributed by atoms with Gasteiger partial charge in [0, 0.05) is 0 Å². The van der Waals surface area contributed by atoms with E-state index in [0.29, 0.717) is 13.0 Å². The molecule has 0 aliphatic carbocycles. The van der Waals surface area contributed by atoms with Gasteiger partial charge in [0.15, 0.2) is 17.4 Å². The van der Waals surface area contributed by atoms with Gasteiger partial charge in [-0.05, 0) is 30.5 Å². The molecule has 0 heterocycles. The average molecular weight is 219 g/mol. The van der Waals surface area contributed by atoms with Gasteiger partial charge in [-0.3, -0.25) is 0 Å². The molecule has 0 spiro atoms. The number of aromatic hydroxyl groups is 1. The number of phenols is 1. The van der Waals surface area contributed by atoms with Crippen molar-refractivity contribution in [3.05, 3.63) is 29.1 Å². The molecule has 0 fully saturated rings. The van der Waals surface area contributed by atoms with Gasteiger partial charge >= 0.3 is 0 Å². The van der Waals surface area contributed by atoms with Crippen molar-refractivity contribution in [3.63, 3.8) is 0 Å². The molecule has 2 nitrogen and oxygen atoms in total. The van der Waals surface area contributed by atoms with Crippen LogP contribution in [0.1, 0.15) is 24.8 Å². The van der Waals surface area contributed by atoms with E-state index in [1.807, 2.05) is 0 Å². The first-order valence-electron chi connectivity index (χ1n) is 4.55. The minimum atomic E-state index is -1.56. The van der Waals surface area contributed by atoms with Gasteiger partial charge in [0.2, 0.25) is 5.82 Å². The Hall–Kier alpha value is -1.23. The fourth-order valence-corrected chi connectivity index (χ4v) is 1.37.